The van der Waals surface area contributed by atoms with Crippen molar-refractivity contribution >= 4 is 23.3 Å². The van der Waals surface area contributed by atoms with Gasteiger partial charge in [-0.15, -0.1) is 0 Å². The lowest BCUT2D eigenvalue weighted by Crippen LogP contribution is -3.00. The zero-order valence-electron chi connectivity index (χ0n) is 16.4. The standard InChI is InChI=1S/C24H20F2N2O.ClH/c1-29-22-12-13-23-16(14-22)2-3-17(15-27-20-8-4-18(25)5-9-20)24(23)28-21-10-6-19(26)7-11-21;/h4-15,28H,2-3H2,1H3;1H. The van der Waals surface area contributed by atoms with Crippen molar-refractivity contribution in [3.05, 3.63) is 95.1 Å². The number of aryl methyl sites for hydroxylation is 1. The number of halogens is 3. The lowest BCUT2D eigenvalue weighted by Gasteiger charge is -2.22. The quantitative estimate of drug-likeness (QED) is 0.602. The Balaban J connectivity index is 0.00000256. The van der Waals surface area contributed by atoms with E-state index in [0.717, 1.165) is 46.8 Å². The number of anilines is 1. The maximum Gasteiger partial charge on any atom is 0.203 e. The molecule has 0 atom stereocenters. The first-order valence-electron chi connectivity index (χ1n) is 9.41. The van der Waals surface area contributed by atoms with Gasteiger partial charge in [0, 0.05) is 29.0 Å². The smallest absolute Gasteiger partial charge is 0.203 e. The number of benzene rings is 3. The minimum Gasteiger partial charge on any atom is -1.00 e. The third-order valence-electron chi connectivity index (χ3n) is 4.94. The molecule has 0 aliphatic heterocycles. The average Bonchev–Trinajstić information content (AvgIpc) is 2.75. The normalized spacial score (nSPS) is 13.0. The first-order valence-corrected chi connectivity index (χ1v) is 9.41. The Morgan fingerprint density at radius 3 is 2.23 bits per heavy atom. The van der Waals surface area contributed by atoms with E-state index in [2.05, 4.69) is 10.3 Å². The zero-order chi connectivity index (χ0) is 20.2. The van der Waals surface area contributed by atoms with E-state index >= 15 is 0 Å². The molecule has 0 unspecified atom stereocenters. The Kier molecular flexibility index (Phi) is 6.85. The number of ether oxygens (including phenoxy) is 1. The molecule has 154 valence electrons. The van der Waals surface area contributed by atoms with Gasteiger partial charge in [0.25, 0.3) is 0 Å². The van der Waals surface area contributed by atoms with E-state index in [1.54, 1.807) is 31.4 Å². The number of methoxy groups -OCH3 is 1. The van der Waals surface area contributed by atoms with Crippen LogP contribution in [0.25, 0.3) is 5.70 Å². The summed E-state index contributed by atoms with van der Waals surface area (Å²) in [5.74, 6) is 0.277. The molecule has 6 heteroatoms. The van der Waals surface area contributed by atoms with E-state index in [1.807, 2.05) is 24.4 Å². The summed E-state index contributed by atoms with van der Waals surface area (Å²) in [6, 6.07) is 18.5. The van der Waals surface area contributed by atoms with Crippen molar-refractivity contribution < 1.29 is 30.9 Å². The molecule has 3 aromatic rings. The van der Waals surface area contributed by atoms with Crippen molar-refractivity contribution in [1.82, 2.24) is 0 Å². The Hall–Kier alpha value is -3.18. The van der Waals surface area contributed by atoms with Crippen molar-refractivity contribution in [2.24, 2.45) is 0 Å². The summed E-state index contributed by atoms with van der Waals surface area (Å²) in [5.41, 5.74) is 5.91. The highest BCUT2D eigenvalue weighted by Gasteiger charge is 2.20. The Labute approximate surface area is 180 Å². The van der Waals surface area contributed by atoms with Gasteiger partial charge >= 0.3 is 0 Å². The van der Waals surface area contributed by atoms with Gasteiger partial charge in [-0.25, -0.2) is 13.8 Å². The lowest BCUT2D eigenvalue weighted by molar-refractivity contribution is -0.347. The van der Waals surface area contributed by atoms with Crippen molar-refractivity contribution in [1.29, 1.82) is 0 Å². The highest BCUT2D eigenvalue weighted by atomic mass is 35.5. The summed E-state index contributed by atoms with van der Waals surface area (Å²) in [7, 11) is 1.66. The summed E-state index contributed by atoms with van der Waals surface area (Å²) >= 11 is 0. The number of fused-ring (bicyclic) bond motifs is 1. The summed E-state index contributed by atoms with van der Waals surface area (Å²) in [6.45, 7) is 0. The van der Waals surface area contributed by atoms with E-state index in [-0.39, 0.29) is 24.0 Å². The maximum atomic E-state index is 13.3. The van der Waals surface area contributed by atoms with Crippen LogP contribution in [-0.2, 0) is 6.42 Å². The second kappa shape index (κ2) is 9.55. The summed E-state index contributed by atoms with van der Waals surface area (Å²) < 4.78 is 31.8. The van der Waals surface area contributed by atoms with Crippen LogP contribution in [0.3, 0.4) is 0 Å². The molecular weight excluding hydrogens is 406 g/mol. The van der Waals surface area contributed by atoms with Crippen LogP contribution in [0.4, 0.5) is 20.2 Å². The largest absolute Gasteiger partial charge is 1.00 e. The molecule has 3 aromatic carbocycles. The molecule has 0 spiro atoms. The molecule has 0 bridgehead atoms. The minimum absolute atomic E-state index is 0. The van der Waals surface area contributed by atoms with Crippen molar-refractivity contribution in [3.63, 3.8) is 0 Å². The molecule has 0 heterocycles. The summed E-state index contributed by atoms with van der Waals surface area (Å²) in [6.07, 6.45) is 3.63. The molecule has 1 aliphatic carbocycles. The third kappa shape index (κ3) is 4.86. The number of rotatable bonds is 5. The van der Waals surface area contributed by atoms with E-state index in [9.17, 15) is 8.78 Å². The van der Waals surface area contributed by atoms with Crippen molar-refractivity contribution in [3.8, 4) is 5.75 Å². The highest BCUT2D eigenvalue weighted by molar-refractivity contribution is 5.94. The SMILES string of the molecule is COc1ccc2c(c1)CCC(C=[NH+]c1ccc(F)cc1)=C2Nc1ccc(F)cc1.[Cl-]. The fraction of sp³-hybridized carbons (Fsp3) is 0.125. The maximum absolute atomic E-state index is 13.3. The Bertz CT molecular complexity index is 1080. The fourth-order valence-corrected chi connectivity index (χ4v) is 3.40. The lowest BCUT2D eigenvalue weighted by atomic mass is 9.89. The van der Waals surface area contributed by atoms with Gasteiger partial charge in [-0.05, 0) is 73.0 Å². The highest BCUT2D eigenvalue weighted by Crippen LogP contribution is 2.33. The molecule has 0 aromatic heterocycles. The topological polar surface area (TPSA) is 35.2 Å². The van der Waals surface area contributed by atoms with Crippen LogP contribution in [0.15, 0.2) is 72.3 Å². The molecule has 3 nitrogen and oxygen atoms in total. The second-order valence-electron chi connectivity index (χ2n) is 6.85. The molecule has 2 N–H and O–H groups in total. The fourth-order valence-electron chi connectivity index (χ4n) is 3.40. The molecule has 30 heavy (non-hydrogen) atoms. The summed E-state index contributed by atoms with van der Waals surface area (Å²) in [5, 5.41) is 3.44. The predicted molar refractivity (Wildman–Crippen MR) is 111 cm³/mol. The van der Waals surface area contributed by atoms with Crippen LogP contribution >= 0.6 is 0 Å². The Morgan fingerprint density at radius 1 is 0.900 bits per heavy atom. The number of nitrogens with one attached hydrogen (secondary N) is 2. The van der Waals surface area contributed by atoms with E-state index in [1.165, 1.54) is 29.8 Å². The number of hydrogen-bond donors (Lipinski definition) is 2. The Morgan fingerprint density at radius 2 is 1.57 bits per heavy atom. The number of hydrogen-bond acceptors (Lipinski definition) is 2. The van der Waals surface area contributed by atoms with E-state index < -0.39 is 0 Å². The molecule has 0 amide bonds. The van der Waals surface area contributed by atoms with Gasteiger partial charge in [0.05, 0.1) is 12.8 Å². The first kappa shape index (κ1) is 21.5. The van der Waals surface area contributed by atoms with Gasteiger partial charge in [-0.1, -0.05) is 0 Å². The van der Waals surface area contributed by atoms with Crippen LogP contribution in [-0.4, -0.2) is 13.3 Å². The van der Waals surface area contributed by atoms with Gasteiger partial charge in [-0.3, -0.25) is 0 Å². The zero-order valence-corrected chi connectivity index (χ0v) is 17.1. The van der Waals surface area contributed by atoms with Crippen molar-refractivity contribution in [2.75, 3.05) is 12.4 Å². The van der Waals surface area contributed by atoms with E-state index in [4.69, 9.17) is 4.74 Å². The predicted octanol–water partition coefficient (Wildman–Crippen LogP) is 1.23. The molecule has 0 fully saturated rings. The number of allylic oxidation sites excluding steroid dienone is 1. The van der Waals surface area contributed by atoms with Gasteiger partial charge in [-0.2, -0.15) is 0 Å². The van der Waals surface area contributed by atoms with Crippen LogP contribution in [0.2, 0.25) is 0 Å². The minimum atomic E-state index is -0.275. The molecule has 0 radical (unpaired) electrons. The van der Waals surface area contributed by atoms with Crippen LogP contribution in [0.5, 0.6) is 5.75 Å². The van der Waals surface area contributed by atoms with Gasteiger partial charge in [0.1, 0.15) is 17.4 Å². The molecule has 4 rings (SSSR count). The summed E-state index contributed by atoms with van der Waals surface area (Å²) in [4.78, 5) is 3.25. The van der Waals surface area contributed by atoms with Crippen LogP contribution < -0.4 is 27.5 Å². The van der Waals surface area contributed by atoms with Gasteiger partial charge in [0.2, 0.25) is 5.69 Å². The van der Waals surface area contributed by atoms with Gasteiger partial charge in [0.15, 0.2) is 6.21 Å². The molecule has 0 saturated heterocycles. The monoisotopic (exact) mass is 426 g/mol. The van der Waals surface area contributed by atoms with Crippen LogP contribution in [0.1, 0.15) is 17.5 Å². The third-order valence-corrected chi connectivity index (χ3v) is 4.94. The second-order valence-corrected chi connectivity index (χ2v) is 6.85. The average molecular weight is 427 g/mol. The van der Waals surface area contributed by atoms with Gasteiger partial charge < -0.3 is 22.5 Å². The molecule has 0 saturated carbocycles. The molecule has 1 aliphatic rings. The molecular formula is C24H21ClF2N2O. The first-order chi connectivity index (χ1) is 14.1. The van der Waals surface area contributed by atoms with E-state index in [0.29, 0.717) is 0 Å². The van der Waals surface area contributed by atoms with Crippen molar-refractivity contribution in [2.45, 2.75) is 12.8 Å². The van der Waals surface area contributed by atoms with Crippen LogP contribution in [0, 0.1) is 11.6 Å².